The minimum atomic E-state index is -0.0874. The Labute approximate surface area is 81.2 Å². The van der Waals surface area contributed by atoms with Crippen LogP contribution in [0.5, 0.6) is 0 Å². The fraction of sp³-hybridized carbons (Fsp3) is 0.100. The average Bonchev–Trinajstić information content (AvgIpc) is 2.48. The molecule has 2 nitrogen and oxygen atoms in total. The van der Waals surface area contributed by atoms with Crippen LogP contribution >= 0.6 is 11.6 Å². The zero-order valence-electron chi connectivity index (χ0n) is 6.93. The van der Waals surface area contributed by atoms with Crippen molar-refractivity contribution >= 4 is 23.6 Å². The van der Waals surface area contributed by atoms with Crippen molar-refractivity contribution in [1.82, 2.24) is 5.32 Å². The first kappa shape index (κ1) is 8.32. The average molecular weight is 194 g/mol. The Morgan fingerprint density at radius 3 is 3.00 bits per heavy atom. The van der Waals surface area contributed by atoms with E-state index in [4.69, 9.17) is 11.6 Å². The van der Waals surface area contributed by atoms with Crippen LogP contribution in [0.4, 0.5) is 0 Å². The molecule has 0 aliphatic carbocycles. The summed E-state index contributed by atoms with van der Waals surface area (Å²) in [6.45, 7) is 4.22. The van der Waals surface area contributed by atoms with Crippen LogP contribution in [-0.4, -0.2) is 5.91 Å². The van der Waals surface area contributed by atoms with Crippen LogP contribution in [0.15, 0.2) is 18.7 Å². The third kappa shape index (κ3) is 1.23. The zero-order valence-corrected chi connectivity index (χ0v) is 7.69. The standard InChI is InChI=1S/C10H8ClNO/c1-2-6-3-7-5-12-10(13)9(7)8(11)4-6/h2-4H,1,5H2,(H,12,13). The van der Waals surface area contributed by atoms with Crippen LogP contribution in [0.3, 0.4) is 0 Å². The molecule has 0 spiro atoms. The quantitative estimate of drug-likeness (QED) is 0.728. The van der Waals surface area contributed by atoms with Crippen molar-refractivity contribution in [2.24, 2.45) is 0 Å². The highest BCUT2D eigenvalue weighted by atomic mass is 35.5. The van der Waals surface area contributed by atoms with Crippen LogP contribution in [-0.2, 0) is 6.54 Å². The number of halogens is 1. The molecule has 0 unspecified atom stereocenters. The lowest BCUT2D eigenvalue weighted by molar-refractivity contribution is 0.0966. The van der Waals surface area contributed by atoms with E-state index < -0.39 is 0 Å². The lowest BCUT2D eigenvalue weighted by Gasteiger charge is -2.00. The molecular formula is C10H8ClNO. The second-order valence-electron chi connectivity index (χ2n) is 2.92. The number of fused-ring (bicyclic) bond motifs is 1. The van der Waals surface area contributed by atoms with Crippen molar-refractivity contribution in [3.8, 4) is 0 Å². The predicted octanol–water partition coefficient (Wildman–Crippen LogP) is 2.23. The highest BCUT2D eigenvalue weighted by molar-refractivity contribution is 6.34. The van der Waals surface area contributed by atoms with Crippen LogP contribution in [0, 0.1) is 0 Å². The smallest absolute Gasteiger partial charge is 0.253 e. The van der Waals surface area contributed by atoms with E-state index in [9.17, 15) is 4.79 Å². The fourth-order valence-corrected chi connectivity index (χ4v) is 1.80. The maximum atomic E-state index is 11.3. The molecular weight excluding hydrogens is 186 g/mol. The van der Waals surface area contributed by atoms with Crippen LogP contribution < -0.4 is 5.32 Å². The molecule has 0 fully saturated rings. The van der Waals surface area contributed by atoms with Gasteiger partial charge in [-0.3, -0.25) is 4.79 Å². The lowest BCUT2D eigenvalue weighted by Crippen LogP contribution is -2.12. The van der Waals surface area contributed by atoms with Crippen molar-refractivity contribution in [2.45, 2.75) is 6.54 Å². The van der Waals surface area contributed by atoms with E-state index in [1.165, 1.54) is 0 Å². The normalized spacial score (nSPS) is 13.8. The van der Waals surface area contributed by atoms with E-state index in [1.807, 2.05) is 6.07 Å². The Balaban J connectivity index is 2.65. The van der Waals surface area contributed by atoms with Crippen LogP contribution in [0.25, 0.3) is 6.08 Å². The first-order valence-electron chi connectivity index (χ1n) is 3.95. The van der Waals surface area contributed by atoms with Crippen LogP contribution in [0.2, 0.25) is 5.02 Å². The number of benzene rings is 1. The number of rotatable bonds is 1. The summed E-state index contributed by atoms with van der Waals surface area (Å²) in [5.41, 5.74) is 2.50. The summed E-state index contributed by atoms with van der Waals surface area (Å²) < 4.78 is 0. The lowest BCUT2D eigenvalue weighted by atomic mass is 10.1. The van der Waals surface area contributed by atoms with Gasteiger partial charge in [-0.1, -0.05) is 24.3 Å². The van der Waals surface area contributed by atoms with E-state index in [0.29, 0.717) is 17.1 Å². The molecule has 0 radical (unpaired) electrons. The van der Waals surface area contributed by atoms with Crippen LogP contribution in [0.1, 0.15) is 21.5 Å². The van der Waals surface area contributed by atoms with Gasteiger partial charge >= 0.3 is 0 Å². The van der Waals surface area contributed by atoms with Gasteiger partial charge in [0.25, 0.3) is 5.91 Å². The van der Waals surface area contributed by atoms with Gasteiger partial charge in [-0.05, 0) is 23.3 Å². The summed E-state index contributed by atoms with van der Waals surface area (Å²) in [5.74, 6) is -0.0874. The van der Waals surface area contributed by atoms with Gasteiger partial charge in [-0.15, -0.1) is 0 Å². The molecule has 1 N–H and O–H groups in total. The van der Waals surface area contributed by atoms with Gasteiger partial charge in [-0.2, -0.15) is 0 Å². The SMILES string of the molecule is C=Cc1cc(Cl)c2c(c1)CNC2=O. The summed E-state index contributed by atoms with van der Waals surface area (Å²) in [6, 6.07) is 3.67. The largest absolute Gasteiger partial charge is 0.348 e. The monoisotopic (exact) mass is 193 g/mol. The molecule has 13 heavy (non-hydrogen) atoms. The number of carbonyl (C=O) groups excluding carboxylic acids is 1. The maximum Gasteiger partial charge on any atom is 0.253 e. The first-order chi connectivity index (χ1) is 6.22. The molecule has 1 aliphatic rings. The van der Waals surface area contributed by atoms with Crippen molar-refractivity contribution in [3.05, 3.63) is 40.4 Å². The summed E-state index contributed by atoms with van der Waals surface area (Å²) in [6.07, 6.45) is 1.72. The molecule has 1 aromatic rings. The molecule has 1 aromatic carbocycles. The molecule has 1 heterocycles. The zero-order chi connectivity index (χ0) is 9.42. The number of hydrogen-bond donors (Lipinski definition) is 1. The summed E-state index contributed by atoms with van der Waals surface area (Å²) >= 11 is 5.94. The summed E-state index contributed by atoms with van der Waals surface area (Å²) in [7, 11) is 0. The first-order valence-corrected chi connectivity index (χ1v) is 4.33. The molecule has 0 atom stereocenters. The minimum Gasteiger partial charge on any atom is -0.348 e. The highest BCUT2D eigenvalue weighted by Gasteiger charge is 2.21. The minimum absolute atomic E-state index is 0.0874. The second kappa shape index (κ2) is 2.89. The Kier molecular flexibility index (Phi) is 1.85. The molecule has 2 rings (SSSR count). The van der Waals surface area contributed by atoms with Crippen molar-refractivity contribution in [2.75, 3.05) is 0 Å². The summed E-state index contributed by atoms with van der Waals surface area (Å²) in [5, 5.41) is 3.22. The Morgan fingerprint density at radius 2 is 2.31 bits per heavy atom. The van der Waals surface area contributed by atoms with E-state index >= 15 is 0 Å². The molecule has 66 valence electrons. The topological polar surface area (TPSA) is 29.1 Å². The van der Waals surface area contributed by atoms with E-state index in [2.05, 4.69) is 11.9 Å². The molecule has 1 aliphatic heterocycles. The number of amides is 1. The van der Waals surface area contributed by atoms with Gasteiger partial charge in [0, 0.05) is 6.54 Å². The van der Waals surface area contributed by atoms with Gasteiger partial charge in [0.15, 0.2) is 0 Å². The molecule has 0 bridgehead atoms. The third-order valence-electron chi connectivity index (χ3n) is 2.10. The van der Waals surface area contributed by atoms with E-state index in [1.54, 1.807) is 12.1 Å². The maximum absolute atomic E-state index is 11.3. The van der Waals surface area contributed by atoms with E-state index in [0.717, 1.165) is 11.1 Å². The molecule has 3 heteroatoms. The molecule has 0 aromatic heterocycles. The van der Waals surface area contributed by atoms with Crippen molar-refractivity contribution in [1.29, 1.82) is 0 Å². The van der Waals surface area contributed by atoms with Gasteiger partial charge < -0.3 is 5.32 Å². The van der Waals surface area contributed by atoms with Gasteiger partial charge in [-0.25, -0.2) is 0 Å². The second-order valence-corrected chi connectivity index (χ2v) is 3.33. The Hall–Kier alpha value is -1.28. The van der Waals surface area contributed by atoms with Gasteiger partial charge in [0.1, 0.15) is 0 Å². The number of hydrogen-bond acceptors (Lipinski definition) is 1. The number of carbonyl (C=O) groups is 1. The van der Waals surface area contributed by atoms with Gasteiger partial charge in [0.05, 0.1) is 10.6 Å². The Morgan fingerprint density at radius 1 is 1.54 bits per heavy atom. The highest BCUT2D eigenvalue weighted by Crippen LogP contribution is 2.26. The number of nitrogens with one attached hydrogen (secondary N) is 1. The summed E-state index contributed by atoms with van der Waals surface area (Å²) in [4.78, 5) is 11.3. The predicted molar refractivity (Wildman–Crippen MR) is 52.7 cm³/mol. The molecule has 0 saturated carbocycles. The molecule has 0 saturated heterocycles. The van der Waals surface area contributed by atoms with E-state index in [-0.39, 0.29) is 5.91 Å². The molecule has 1 amide bonds. The Bertz CT molecular complexity index is 398. The van der Waals surface area contributed by atoms with Gasteiger partial charge in [0.2, 0.25) is 0 Å². The third-order valence-corrected chi connectivity index (χ3v) is 2.39. The van der Waals surface area contributed by atoms with Crippen molar-refractivity contribution in [3.63, 3.8) is 0 Å². The fourth-order valence-electron chi connectivity index (χ4n) is 1.46. The van der Waals surface area contributed by atoms with Crippen molar-refractivity contribution < 1.29 is 4.79 Å².